The molecule has 0 atom stereocenters. The molecule has 0 aromatic heterocycles. The van der Waals surface area contributed by atoms with Gasteiger partial charge in [0.05, 0.1) is 17.4 Å². The van der Waals surface area contributed by atoms with Crippen molar-refractivity contribution in [3.05, 3.63) is 0 Å². The zero-order valence-corrected chi connectivity index (χ0v) is 12.5. The molecule has 0 unspecified atom stereocenters. The first-order valence-electron chi connectivity index (χ1n) is 7.51. The van der Waals surface area contributed by atoms with E-state index in [1.54, 1.807) is 7.11 Å². The van der Waals surface area contributed by atoms with Gasteiger partial charge in [-0.25, -0.2) is 0 Å². The largest absolute Gasteiger partial charge is 0.481 e. The van der Waals surface area contributed by atoms with E-state index in [1.165, 1.54) is 0 Å². The van der Waals surface area contributed by atoms with Gasteiger partial charge in [0.25, 0.3) is 0 Å². The highest BCUT2D eigenvalue weighted by molar-refractivity contribution is 5.84. The summed E-state index contributed by atoms with van der Waals surface area (Å²) < 4.78 is 5.22. The number of carboxylic acids is 1. The molecule has 5 heteroatoms. The van der Waals surface area contributed by atoms with Gasteiger partial charge in [-0.1, -0.05) is 13.3 Å². The summed E-state index contributed by atoms with van der Waals surface area (Å²) in [4.78, 5) is 25.9. The summed E-state index contributed by atoms with van der Waals surface area (Å²) in [5.41, 5.74) is -0.963. The molecular formula is C15H25NO4. The standard InChI is InChI=1S/C15H25NO4/c1-3-14(13(18)19)7-9-16(10-8-14)12(17)15(11-20-2)5-4-6-15/h3-11H2,1-2H3,(H,18,19). The smallest absolute Gasteiger partial charge is 0.309 e. The number of piperidine rings is 1. The van der Waals surface area contributed by atoms with Crippen molar-refractivity contribution in [2.75, 3.05) is 26.8 Å². The lowest BCUT2D eigenvalue weighted by atomic mass is 9.67. The predicted octanol–water partition coefficient (Wildman–Crippen LogP) is 1.91. The summed E-state index contributed by atoms with van der Waals surface area (Å²) >= 11 is 0. The number of hydrogen-bond donors (Lipinski definition) is 1. The molecular weight excluding hydrogens is 258 g/mol. The highest BCUT2D eigenvalue weighted by Gasteiger charge is 2.48. The van der Waals surface area contributed by atoms with Gasteiger partial charge in [-0.05, 0) is 32.1 Å². The number of nitrogens with zero attached hydrogens (tertiary/aromatic N) is 1. The summed E-state index contributed by atoms with van der Waals surface area (Å²) in [5, 5.41) is 9.39. The van der Waals surface area contributed by atoms with Crippen molar-refractivity contribution in [1.82, 2.24) is 4.90 Å². The lowest BCUT2D eigenvalue weighted by Crippen LogP contribution is -2.54. The van der Waals surface area contributed by atoms with E-state index in [0.29, 0.717) is 39.0 Å². The molecule has 5 nitrogen and oxygen atoms in total. The Balaban J connectivity index is 2.00. The van der Waals surface area contributed by atoms with Crippen molar-refractivity contribution in [3.63, 3.8) is 0 Å². The zero-order valence-electron chi connectivity index (χ0n) is 12.5. The zero-order chi connectivity index (χ0) is 14.8. The minimum atomic E-state index is -0.720. The third-order valence-corrected chi connectivity index (χ3v) is 5.32. The van der Waals surface area contributed by atoms with Crippen LogP contribution in [0.5, 0.6) is 0 Å². The molecule has 2 rings (SSSR count). The van der Waals surface area contributed by atoms with Crippen LogP contribution in [0.2, 0.25) is 0 Å². The topological polar surface area (TPSA) is 66.8 Å². The molecule has 1 saturated carbocycles. The second-order valence-corrected chi connectivity index (χ2v) is 6.30. The summed E-state index contributed by atoms with van der Waals surface area (Å²) in [6.07, 6.45) is 4.63. The Morgan fingerprint density at radius 2 is 1.75 bits per heavy atom. The van der Waals surface area contributed by atoms with E-state index in [1.807, 2.05) is 11.8 Å². The number of methoxy groups -OCH3 is 1. The van der Waals surface area contributed by atoms with E-state index in [0.717, 1.165) is 19.3 Å². The first-order valence-corrected chi connectivity index (χ1v) is 7.51. The van der Waals surface area contributed by atoms with Gasteiger partial charge in [0.1, 0.15) is 0 Å². The second kappa shape index (κ2) is 5.72. The first kappa shape index (κ1) is 15.3. The van der Waals surface area contributed by atoms with Gasteiger partial charge in [-0.15, -0.1) is 0 Å². The monoisotopic (exact) mass is 283 g/mol. The molecule has 0 radical (unpaired) electrons. The van der Waals surface area contributed by atoms with Crippen LogP contribution in [-0.2, 0) is 14.3 Å². The van der Waals surface area contributed by atoms with Gasteiger partial charge < -0.3 is 14.7 Å². The van der Waals surface area contributed by atoms with Crippen LogP contribution >= 0.6 is 0 Å². The number of aliphatic carboxylic acids is 1. The fraction of sp³-hybridized carbons (Fsp3) is 0.867. The summed E-state index contributed by atoms with van der Waals surface area (Å²) in [5.74, 6) is -0.553. The average Bonchev–Trinajstić information content (AvgIpc) is 2.42. The van der Waals surface area contributed by atoms with Crippen molar-refractivity contribution >= 4 is 11.9 Å². The molecule has 20 heavy (non-hydrogen) atoms. The third kappa shape index (κ3) is 2.43. The van der Waals surface area contributed by atoms with Crippen LogP contribution in [-0.4, -0.2) is 48.7 Å². The van der Waals surface area contributed by atoms with Crippen LogP contribution in [0.15, 0.2) is 0 Å². The molecule has 1 amide bonds. The Labute approximate surface area is 120 Å². The highest BCUT2D eigenvalue weighted by Crippen LogP contribution is 2.44. The number of ether oxygens (including phenoxy) is 1. The number of amides is 1. The second-order valence-electron chi connectivity index (χ2n) is 6.30. The SMILES string of the molecule is CCC1(C(=O)O)CCN(C(=O)C2(COC)CCC2)CC1. The maximum atomic E-state index is 12.7. The molecule has 0 aromatic carbocycles. The van der Waals surface area contributed by atoms with E-state index in [9.17, 15) is 14.7 Å². The molecule has 0 aromatic rings. The summed E-state index contributed by atoms with van der Waals surface area (Å²) in [7, 11) is 1.64. The fourth-order valence-electron chi connectivity index (χ4n) is 3.49. The first-order chi connectivity index (χ1) is 9.49. The van der Waals surface area contributed by atoms with Gasteiger partial charge in [0, 0.05) is 20.2 Å². The molecule has 1 N–H and O–H groups in total. The lowest BCUT2D eigenvalue weighted by molar-refractivity contribution is -0.161. The van der Waals surface area contributed by atoms with E-state index < -0.39 is 11.4 Å². The normalized spacial score (nSPS) is 24.0. The Kier molecular flexibility index (Phi) is 4.37. The molecule has 1 aliphatic carbocycles. The number of carbonyl (C=O) groups excluding carboxylic acids is 1. The Morgan fingerprint density at radius 1 is 1.15 bits per heavy atom. The molecule has 1 saturated heterocycles. The van der Waals surface area contributed by atoms with Crippen molar-refractivity contribution in [3.8, 4) is 0 Å². The molecule has 0 bridgehead atoms. The van der Waals surface area contributed by atoms with E-state index >= 15 is 0 Å². The van der Waals surface area contributed by atoms with E-state index in [-0.39, 0.29) is 11.3 Å². The van der Waals surface area contributed by atoms with Crippen LogP contribution < -0.4 is 0 Å². The van der Waals surface area contributed by atoms with Crippen LogP contribution in [0.25, 0.3) is 0 Å². The Morgan fingerprint density at radius 3 is 2.10 bits per heavy atom. The minimum Gasteiger partial charge on any atom is -0.481 e. The van der Waals surface area contributed by atoms with Crippen molar-refractivity contribution < 1.29 is 19.4 Å². The molecule has 2 fully saturated rings. The van der Waals surface area contributed by atoms with Gasteiger partial charge >= 0.3 is 5.97 Å². The number of likely N-dealkylation sites (tertiary alicyclic amines) is 1. The van der Waals surface area contributed by atoms with E-state index in [2.05, 4.69) is 0 Å². The maximum Gasteiger partial charge on any atom is 0.309 e. The molecule has 114 valence electrons. The van der Waals surface area contributed by atoms with Crippen LogP contribution in [0, 0.1) is 10.8 Å². The molecule has 0 spiro atoms. The fourth-order valence-corrected chi connectivity index (χ4v) is 3.49. The van der Waals surface area contributed by atoms with Crippen LogP contribution in [0.4, 0.5) is 0 Å². The minimum absolute atomic E-state index is 0.167. The predicted molar refractivity (Wildman–Crippen MR) is 74.3 cm³/mol. The van der Waals surface area contributed by atoms with Crippen LogP contribution in [0.1, 0.15) is 45.4 Å². The van der Waals surface area contributed by atoms with Gasteiger partial charge in [-0.2, -0.15) is 0 Å². The quantitative estimate of drug-likeness (QED) is 0.837. The highest BCUT2D eigenvalue weighted by atomic mass is 16.5. The summed E-state index contributed by atoms with van der Waals surface area (Å²) in [6, 6.07) is 0. The number of hydrogen-bond acceptors (Lipinski definition) is 3. The van der Waals surface area contributed by atoms with Crippen molar-refractivity contribution in [2.24, 2.45) is 10.8 Å². The number of rotatable bonds is 5. The third-order valence-electron chi connectivity index (χ3n) is 5.32. The maximum absolute atomic E-state index is 12.7. The average molecular weight is 283 g/mol. The Hall–Kier alpha value is -1.10. The number of carbonyl (C=O) groups is 2. The summed E-state index contributed by atoms with van der Waals surface area (Å²) in [6.45, 7) is 3.53. The van der Waals surface area contributed by atoms with Gasteiger partial charge in [-0.3, -0.25) is 9.59 Å². The van der Waals surface area contributed by atoms with Crippen molar-refractivity contribution in [2.45, 2.75) is 45.4 Å². The molecule has 2 aliphatic rings. The molecule has 1 aliphatic heterocycles. The van der Waals surface area contributed by atoms with Gasteiger partial charge in [0.15, 0.2) is 0 Å². The molecule has 1 heterocycles. The van der Waals surface area contributed by atoms with Crippen molar-refractivity contribution in [1.29, 1.82) is 0 Å². The lowest BCUT2D eigenvalue weighted by Gasteiger charge is -2.46. The number of carboxylic acid groups (broad SMARTS) is 1. The van der Waals surface area contributed by atoms with Crippen LogP contribution in [0.3, 0.4) is 0 Å². The Bertz CT molecular complexity index is 381. The van der Waals surface area contributed by atoms with Gasteiger partial charge in [0.2, 0.25) is 5.91 Å². The van der Waals surface area contributed by atoms with E-state index in [4.69, 9.17) is 4.74 Å².